The molecular formula is C30H33N7O3S. The van der Waals surface area contributed by atoms with Crippen LogP contribution in [0.2, 0.25) is 0 Å². The fraction of sp³-hybridized carbons (Fsp3) is 0.400. The van der Waals surface area contributed by atoms with Crippen LogP contribution in [-0.4, -0.2) is 69.1 Å². The van der Waals surface area contributed by atoms with Crippen LogP contribution in [0, 0.1) is 0 Å². The van der Waals surface area contributed by atoms with Gasteiger partial charge in [-0.2, -0.15) is 9.61 Å². The van der Waals surface area contributed by atoms with E-state index in [9.17, 15) is 13.2 Å². The molecule has 3 fully saturated rings. The van der Waals surface area contributed by atoms with Crippen LogP contribution in [0.5, 0.6) is 0 Å². The largest absolute Gasteiger partial charge is 0.383 e. The Morgan fingerprint density at radius 3 is 2.41 bits per heavy atom. The smallest absolute Gasteiger partial charge is 0.211 e. The number of Topliss-reactive ketones (excluding diaryl/α,β-unsaturated/α-hetero) is 1. The summed E-state index contributed by atoms with van der Waals surface area (Å²) in [7, 11) is -3.14. The highest BCUT2D eigenvalue weighted by Crippen LogP contribution is 2.44. The number of nitrogens with one attached hydrogen (secondary N) is 1. The maximum Gasteiger partial charge on any atom is 0.211 e. The molecule has 11 heteroatoms. The Morgan fingerprint density at radius 1 is 1.02 bits per heavy atom. The van der Waals surface area contributed by atoms with Crippen molar-refractivity contribution < 1.29 is 13.2 Å². The van der Waals surface area contributed by atoms with Gasteiger partial charge in [0.05, 0.1) is 28.9 Å². The highest BCUT2D eigenvalue weighted by atomic mass is 32.2. The quantitative estimate of drug-likeness (QED) is 0.335. The summed E-state index contributed by atoms with van der Waals surface area (Å²) in [5.74, 6) is 0.476. The molecule has 3 aliphatic rings. The molecule has 3 atom stereocenters. The van der Waals surface area contributed by atoms with Crippen molar-refractivity contribution in [3.05, 3.63) is 66.1 Å². The third kappa shape index (κ3) is 4.71. The zero-order valence-electron chi connectivity index (χ0n) is 22.9. The second kappa shape index (κ2) is 10.0. The summed E-state index contributed by atoms with van der Waals surface area (Å²) in [6.45, 7) is 2.27. The predicted molar refractivity (Wildman–Crippen MR) is 157 cm³/mol. The number of aromatic nitrogens is 4. The lowest BCUT2D eigenvalue weighted by Crippen LogP contribution is -2.48. The molecule has 3 saturated heterocycles. The van der Waals surface area contributed by atoms with Gasteiger partial charge in [-0.25, -0.2) is 18.1 Å². The number of carbonyl (C=O) groups is 1. The number of rotatable bonds is 6. The van der Waals surface area contributed by atoms with Gasteiger partial charge in [0, 0.05) is 53.5 Å². The number of sulfonamides is 1. The Bertz CT molecular complexity index is 1720. The second-order valence-electron chi connectivity index (χ2n) is 11.6. The van der Waals surface area contributed by atoms with Gasteiger partial charge in [0.2, 0.25) is 10.0 Å². The molecule has 3 aromatic heterocycles. The van der Waals surface area contributed by atoms with E-state index in [1.54, 1.807) is 10.7 Å². The van der Waals surface area contributed by atoms with E-state index in [2.05, 4.69) is 19.7 Å². The number of fused-ring (bicyclic) bond motifs is 3. The van der Waals surface area contributed by atoms with E-state index in [4.69, 9.17) is 10.7 Å². The van der Waals surface area contributed by atoms with Crippen LogP contribution in [0.15, 0.2) is 54.9 Å². The second-order valence-corrected chi connectivity index (χ2v) is 13.5. The minimum absolute atomic E-state index is 0.0335. The molecule has 212 valence electrons. The number of nitrogens with zero attached hydrogens (tertiary/aromatic N) is 5. The average Bonchev–Trinajstić information content (AvgIpc) is 3.61. The van der Waals surface area contributed by atoms with Crippen LogP contribution in [0.4, 0.5) is 5.82 Å². The number of anilines is 1. The number of hydrogen-bond acceptors (Lipinski definition) is 8. The summed E-state index contributed by atoms with van der Waals surface area (Å²) in [6.07, 6.45) is 8.05. The number of pyridine rings is 1. The van der Waals surface area contributed by atoms with Gasteiger partial charge in [0.15, 0.2) is 11.4 Å². The first-order chi connectivity index (χ1) is 19.8. The van der Waals surface area contributed by atoms with Crippen molar-refractivity contribution in [3.63, 3.8) is 0 Å². The minimum atomic E-state index is -3.14. The molecule has 7 rings (SSSR count). The van der Waals surface area contributed by atoms with Crippen LogP contribution < -0.4 is 10.5 Å². The van der Waals surface area contributed by atoms with Gasteiger partial charge in [-0.15, -0.1) is 0 Å². The van der Waals surface area contributed by atoms with Gasteiger partial charge in [0.25, 0.3) is 0 Å². The maximum atomic E-state index is 12.9. The third-order valence-corrected chi connectivity index (χ3v) is 10.5. The summed E-state index contributed by atoms with van der Waals surface area (Å²) in [4.78, 5) is 25.2. The van der Waals surface area contributed by atoms with E-state index < -0.39 is 10.0 Å². The highest BCUT2D eigenvalue weighted by molar-refractivity contribution is 7.89. The fourth-order valence-electron chi connectivity index (χ4n) is 7.07. The Labute approximate surface area is 239 Å². The van der Waals surface area contributed by atoms with E-state index in [0.29, 0.717) is 35.5 Å². The van der Waals surface area contributed by atoms with Crippen LogP contribution >= 0.6 is 0 Å². The standard InChI is InChI=1S/C30H33N7O3S/c1-18(38)27-28(21-13-23-8-9-24(14-21)36(23)17-22-11-12-41(39,40)35-22)34-30-25(16-33-37(30)29(27)31)20-7-10-26(32-15-20)19-5-3-2-4-6-19/h2-7,10,15-16,21-24,35H,8-9,11-14,17,31H2,1H3. The fourth-order valence-corrected chi connectivity index (χ4v) is 8.49. The van der Waals surface area contributed by atoms with Crippen LogP contribution in [-0.2, 0) is 10.0 Å². The van der Waals surface area contributed by atoms with Gasteiger partial charge >= 0.3 is 0 Å². The van der Waals surface area contributed by atoms with Gasteiger partial charge in [0.1, 0.15) is 5.82 Å². The molecule has 3 unspecified atom stereocenters. The van der Waals surface area contributed by atoms with Gasteiger partial charge in [-0.05, 0) is 45.1 Å². The van der Waals surface area contributed by atoms with Gasteiger partial charge in [-0.1, -0.05) is 36.4 Å². The van der Waals surface area contributed by atoms with Crippen LogP contribution in [0.3, 0.4) is 0 Å². The molecule has 0 saturated carbocycles. The van der Waals surface area contributed by atoms with E-state index in [1.165, 1.54) is 6.92 Å². The molecule has 0 spiro atoms. The number of carbonyl (C=O) groups excluding carboxylic acids is 1. The van der Waals surface area contributed by atoms with Gasteiger partial charge in [-0.3, -0.25) is 14.7 Å². The van der Waals surface area contributed by atoms with Gasteiger partial charge < -0.3 is 5.73 Å². The molecule has 2 bridgehead atoms. The lowest BCUT2D eigenvalue weighted by atomic mass is 9.85. The number of ketones is 1. The Kier molecular flexibility index (Phi) is 6.40. The van der Waals surface area contributed by atoms with E-state index >= 15 is 0 Å². The van der Waals surface area contributed by atoms with Crippen molar-refractivity contribution in [2.75, 3.05) is 18.0 Å². The molecule has 0 aliphatic carbocycles. The SMILES string of the molecule is CC(=O)c1c(C2CC3CCC(C2)N3CC2CCS(=O)(=O)N2)nc2c(-c3ccc(-c4ccccc4)nc3)cnn2c1N. The van der Waals surface area contributed by atoms with Crippen molar-refractivity contribution in [3.8, 4) is 22.4 Å². The average molecular weight is 572 g/mol. The first kappa shape index (κ1) is 26.2. The van der Waals surface area contributed by atoms with E-state index in [0.717, 1.165) is 60.3 Å². The lowest BCUT2D eigenvalue weighted by molar-refractivity contribution is 0.100. The number of hydrogen-bond donors (Lipinski definition) is 2. The molecule has 4 aromatic rings. The minimum Gasteiger partial charge on any atom is -0.383 e. The van der Waals surface area contributed by atoms with Crippen LogP contribution in [0.1, 0.15) is 61.0 Å². The first-order valence-corrected chi connectivity index (χ1v) is 15.9. The summed E-state index contributed by atoms with van der Waals surface area (Å²) >= 11 is 0. The monoisotopic (exact) mass is 571 g/mol. The molecule has 6 heterocycles. The third-order valence-electron chi connectivity index (χ3n) is 8.99. The molecule has 0 radical (unpaired) electrons. The normalized spacial score (nSPS) is 25.6. The molecule has 1 aromatic carbocycles. The number of nitrogens with two attached hydrogens (primary N) is 1. The van der Waals surface area contributed by atoms with E-state index in [1.807, 2.05) is 48.7 Å². The first-order valence-electron chi connectivity index (χ1n) is 14.2. The zero-order valence-corrected chi connectivity index (χ0v) is 23.7. The van der Waals surface area contributed by atoms with Crippen molar-refractivity contribution in [2.45, 2.75) is 63.1 Å². The molecule has 41 heavy (non-hydrogen) atoms. The Morgan fingerprint density at radius 2 is 1.78 bits per heavy atom. The summed E-state index contributed by atoms with van der Waals surface area (Å²) < 4.78 is 28.3. The van der Waals surface area contributed by atoms with Crippen molar-refractivity contribution in [1.82, 2.24) is 29.2 Å². The molecule has 3 N–H and O–H groups in total. The molecule has 10 nitrogen and oxygen atoms in total. The summed E-state index contributed by atoms with van der Waals surface area (Å²) in [5.41, 5.74) is 12.0. The molecule has 0 amide bonds. The number of piperidine rings is 1. The zero-order chi connectivity index (χ0) is 28.3. The summed E-state index contributed by atoms with van der Waals surface area (Å²) in [5, 5.41) is 4.51. The predicted octanol–water partition coefficient (Wildman–Crippen LogP) is 3.65. The maximum absolute atomic E-state index is 12.9. The number of nitrogen functional groups attached to an aromatic ring is 1. The number of benzene rings is 1. The van der Waals surface area contributed by atoms with Crippen molar-refractivity contribution in [1.29, 1.82) is 0 Å². The molecular weight excluding hydrogens is 538 g/mol. The van der Waals surface area contributed by atoms with Crippen molar-refractivity contribution >= 4 is 27.3 Å². The Hall–Kier alpha value is -3.67. The topological polar surface area (TPSA) is 136 Å². The highest BCUT2D eigenvalue weighted by Gasteiger charge is 2.44. The lowest BCUT2D eigenvalue weighted by Gasteiger charge is -2.40. The van der Waals surface area contributed by atoms with E-state index in [-0.39, 0.29) is 23.5 Å². The molecule has 3 aliphatic heterocycles. The Balaban J connectivity index is 1.21. The summed E-state index contributed by atoms with van der Waals surface area (Å²) in [6, 6.07) is 14.6. The van der Waals surface area contributed by atoms with Crippen molar-refractivity contribution in [2.24, 2.45) is 0 Å². The van der Waals surface area contributed by atoms with Crippen LogP contribution in [0.25, 0.3) is 28.0 Å².